The summed E-state index contributed by atoms with van der Waals surface area (Å²) in [6.07, 6.45) is 6.90. The van der Waals surface area contributed by atoms with Crippen LogP contribution in [0.25, 0.3) is 5.52 Å². The first-order valence-electron chi connectivity index (χ1n) is 6.94. The SMILES string of the molecule is N#CC1(NS(=O)(=O)c2cnn3ccccc23)CCCCC1. The van der Waals surface area contributed by atoms with Gasteiger partial charge in [-0.3, -0.25) is 0 Å². The highest BCUT2D eigenvalue weighted by Gasteiger charge is 2.37. The van der Waals surface area contributed by atoms with E-state index in [0.717, 1.165) is 19.3 Å². The molecule has 1 fully saturated rings. The van der Waals surface area contributed by atoms with Crippen molar-refractivity contribution in [2.24, 2.45) is 0 Å². The third-order valence-electron chi connectivity index (χ3n) is 3.93. The van der Waals surface area contributed by atoms with Gasteiger partial charge < -0.3 is 0 Å². The van der Waals surface area contributed by atoms with Crippen LogP contribution in [-0.2, 0) is 10.0 Å². The second-order valence-corrected chi connectivity index (χ2v) is 7.05. The zero-order valence-corrected chi connectivity index (χ0v) is 12.3. The van der Waals surface area contributed by atoms with E-state index < -0.39 is 15.6 Å². The number of pyridine rings is 1. The Morgan fingerprint density at radius 1 is 1.29 bits per heavy atom. The molecule has 1 aliphatic carbocycles. The molecule has 7 heteroatoms. The van der Waals surface area contributed by atoms with Crippen molar-refractivity contribution >= 4 is 15.5 Å². The molecule has 0 bridgehead atoms. The minimum absolute atomic E-state index is 0.114. The van der Waals surface area contributed by atoms with Gasteiger partial charge in [0.05, 0.1) is 17.8 Å². The van der Waals surface area contributed by atoms with Gasteiger partial charge in [-0.25, -0.2) is 12.9 Å². The highest BCUT2D eigenvalue weighted by Crippen LogP contribution is 2.30. The predicted octanol–water partition coefficient (Wildman–Crippen LogP) is 1.84. The molecule has 0 radical (unpaired) electrons. The number of nitriles is 1. The molecule has 0 atom stereocenters. The Bertz CT molecular complexity index is 798. The topological polar surface area (TPSA) is 87.3 Å². The number of rotatable bonds is 3. The number of aromatic nitrogens is 2. The van der Waals surface area contributed by atoms with E-state index in [2.05, 4.69) is 15.9 Å². The molecule has 21 heavy (non-hydrogen) atoms. The number of sulfonamides is 1. The average molecular weight is 304 g/mol. The Hall–Kier alpha value is -1.91. The molecule has 1 N–H and O–H groups in total. The summed E-state index contributed by atoms with van der Waals surface area (Å²) in [6, 6.07) is 7.40. The van der Waals surface area contributed by atoms with Crippen molar-refractivity contribution in [2.45, 2.75) is 42.5 Å². The van der Waals surface area contributed by atoms with Crippen LogP contribution in [0.4, 0.5) is 0 Å². The molecule has 0 spiro atoms. The van der Waals surface area contributed by atoms with Crippen LogP contribution in [0.5, 0.6) is 0 Å². The number of fused-ring (bicyclic) bond motifs is 1. The highest BCUT2D eigenvalue weighted by molar-refractivity contribution is 7.89. The molecule has 0 saturated heterocycles. The van der Waals surface area contributed by atoms with Crippen molar-refractivity contribution in [3.63, 3.8) is 0 Å². The third kappa shape index (κ3) is 2.52. The summed E-state index contributed by atoms with van der Waals surface area (Å²) in [6.45, 7) is 0. The van der Waals surface area contributed by atoms with Gasteiger partial charge >= 0.3 is 0 Å². The quantitative estimate of drug-likeness (QED) is 0.937. The Morgan fingerprint density at radius 2 is 2.05 bits per heavy atom. The van der Waals surface area contributed by atoms with Gasteiger partial charge in [0.1, 0.15) is 10.4 Å². The van der Waals surface area contributed by atoms with Gasteiger partial charge in [-0.2, -0.15) is 15.1 Å². The van der Waals surface area contributed by atoms with Crippen LogP contribution in [-0.4, -0.2) is 23.6 Å². The van der Waals surface area contributed by atoms with E-state index in [1.165, 1.54) is 10.7 Å². The van der Waals surface area contributed by atoms with Gasteiger partial charge in [0.2, 0.25) is 10.0 Å². The third-order valence-corrected chi connectivity index (χ3v) is 5.48. The molecule has 3 rings (SSSR count). The average Bonchev–Trinajstić information content (AvgIpc) is 2.92. The van der Waals surface area contributed by atoms with Gasteiger partial charge in [-0.05, 0) is 25.0 Å². The van der Waals surface area contributed by atoms with Crippen molar-refractivity contribution in [1.29, 1.82) is 5.26 Å². The number of hydrogen-bond acceptors (Lipinski definition) is 4. The minimum atomic E-state index is -3.77. The summed E-state index contributed by atoms with van der Waals surface area (Å²) in [7, 11) is -3.77. The highest BCUT2D eigenvalue weighted by atomic mass is 32.2. The molecule has 2 heterocycles. The predicted molar refractivity (Wildman–Crippen MR) is 76.9 cm³/mol. The number of nitrogens with one attached hydrogen (secondary N) is 1. The first kappa shape index (κ1) is 14.0. The van der Waals surface area contributed by atoms with E-state index in [4.69, 9.17) is 0 Å². The first-order valence-corrected chi connectivity index (χ1v) is 8.42. The van der Waals surface area contributed by atoms with Crippen LogP contribution in [0.1, 0.15) is 32.1 Å². The van der Waals surface area contributed by atoms with E-state index in [9.17, 15) is 13.7 Å². The molecular weight excluding hydrogens is 288 g/mol. The summed E-state index contributed by atoms with van der Waals surface area (Å²) >= 11 is 0. The van der Waals surface area contributed by atoms with E-state index in [1.807, 2.05) is 0 Å². The zero-order chi connectivity index (χ0) is 14.9. The lowest BCUT2D eigenvalue weighted by Gasteiger charge is -2.30. The zero-order valence-electron chi connectivity index (χ0n) is 11.5. The summed E-state index contributed by atoms with van der Waals surface area (Å²) in [5, 5.41) is 13.5. The maximum Gasteiger partial charge on any atom is 0.245 e. The first-order chi connectivity index (χ1) is 10.1. The Labute approximate surface area is 123 Å². The molecule has 1 aliphatic rings. The molecule has 1 saturated carbocycles. The Balaban J connectivity index is 1.99. The molecule has 0 aromatic carbocycles. The maximum atomic E-state index is 12.6. The Morgan fingerprint density at radius 3 is 2.76 bits per heavy atom. The molecule has 2 aromatic heterocycles. The monoisotopic (exact) mass is 304 g/mol. The maximum absolute atomic E-state index is 12.6. The lowest BCUT2D eigenvalue weighted by atomic mass is 9.84. The molecule has 0 unspecified atom stereocenters. The van der Waals surface area contributed by atoms with Crippen LogP contribution in [0.2, 0.25) is 0 Å². The van der Waals surface area contributed by atoms with Crippen LogP contribution < -0.4 is 4.72 Å². The molecule has 2 aromatic rings. The molecule has 0 aliphatic heterocycles. The second-order valence-electron chi connectivity index (χ2n) is 5.40. The van der Waals surface area contributed by atoms with E-state index >= 15 is 0 Å². The van der Waals surface area contributed by atoms with Crippen molar-refractivity contribution < 1.29 is 8.42 Å². The fraction of sp³-hybridized carbons (Fsp3) is 0.429. The van der Waals surface area contributed by atoms with Gasteiger partial charge in [-0.1, -0.05) is 25.3 Å². The number of nitrogens with zero attached hydrogens (tertiary/aromatic N) is 3. The summed E-state index contributed by atoms with van der Waals surface area (Å²) in [5.74, 6) is 0. The fourth-order valence-corrected chi connectivity index (χ4v) is 4.32. The van der Waals surface area contributed by atoms with Crippen LogP contribution in [0.15, 0.2) is 35.5 Å². The molecule has 6 nitrogen and oxygen atoms in total. The van der Waals surface area contributed by atoms with E-state index in [-0.39, 0.29) is 4.90 Å². The molecular formula is C14H16N4O2S. The van der Waals surface area contributed by atoms with Crippen molar-refractivity contribution in [3.05, 3.63) is 30.6 Å². The van der Waals surface area contributed by atoms with Gasteiger partial charge in [0.15, 0.2) is 0 Å². The minimum Gasteiger partial charge on any atom is -0.240 e. The summed E-state index contributed by atoms with van der Waals surface area (Å²) in [5.41, 5.74) is -0.478. The van der Waals surface area contributed by atoms with Gasteiger partial charge in [0.25, 0.3) is 0 Å². The molecule has 0 amide bonds. The number of hydrogen-bond donors (Lipinski definition) is 1. The summed E-state index contributed by atoms with van der Waals surface area (Å²) < 4.78 is 29.4. The van der Waals surface area contributed by atoms with Crippen LogP contribution >= 0.6 is 0 Å². The van der Waals surface area contributed by atoms with Crippen molar-refractivity contribution in [3.8, 4) is 6.07 Å². The van der Waals surface area contributed by atoms with Gasteiger partial charge in [-0.15, -0.1) is 0 Å². The largest absolute Gasteiger partial charge is 0.245 e. The van der Waals surface area contributed by atoms with Gasteiger partial charge in [0, 0.05) is 6.20 Å². The van der Waals surface area contributed by atoms with Crippen molar-refractivity contribution in [1.82, 2.24) is 14.3 Å². The van der Waals surface area contributed by atoms with E-state index in [1.54, 1.807) is 24.4 Å². The smallest absolute Gasteiger partial charge is 0.240 e. The standard InChI is InChI=1S/C14H16N4O2S/c15-11-14(7-3-1-4-8-14)17-21(19,20)13-10-16-18-9-5-2-6-12(13)18/h2,5-6,9-10,17H,1,3-4,7-8H2. The summed E-state index contributed by atoms with van der Waals surface area (Å²) in [4.78, 5) is 0.114. The lowest BCUT2D eigenvalue weighted by Crippen LogP contribution is -2.48. The van der Waals surface area contributed by atoms with E-state index in [0.29, 0.717) is 18.4 Å². The van der Waals surface area contributed by atoms with Crippen LogP contribution in [0, 0.1) is 11.3 Å². The molecule has 110 valence electrons. The Kier molecular flexibility index (Phi) is 3.43. The fourth-order valence-electron chi connectivity index (χ4n) is 2.82. The van der Waals surface area contributed by atoms with Crippen LogP contribution in [0.3, 0.4) is 0 Å². The normalized spacial score (nSPS) is 18.4. The lowest BCUT2D eigenvalue weighted by molar-refractivity contribution is 0.338. The van der Waals surface area contributed by atoms with Crippen molar-refractivity contribution in [2.75, 3.05) is 0 Å². The second kappa shape index (κ2) is 5.13.